The lowest BCUT2D eigenvalue weighted by Gasteiger charge is -2.15. The first-order chi connectivity index (χ1) is 7.08. The van der Waals surface area contributed by atoms with Gasteiger partial charge in [-0.3, -0.25) is 0 Å². The summed E-state index contributed by atoms with van der Waals surface area (Å²) in [5.41, 5.74) is 1.31. The van der Waals surface area contributed by atoms with Crippen molar-refractivity contribution in [3.8, 4) is 0 Å². The minimum absolute atomic E-state index is 0.280. The molecule has 15 heavy (non-hydrogen) atoms. The van der Waals surface area contributed by atoms with Crippen molar-refractivity contribution in [2.24, 2.45) is 0 Å². The minimum Gasteiger partial charge on any atom is -0.392 e. The van der Waals surface area contributed by atoms with Crippen molar-refractivity contribution in [3.05, 3.63) is 34.3 Å². The molecule has 0 radical (unpaired) electrons. The molecule has 0 aliphatic carbocycles. The van der Waals surface area contributed by atoms with E-state index in [0.717, 1.165) is 10.9 Å². The fraction of sp³-hybridized carbons (Fsp3) is 0.500. The average Bonchev–Trinajstić information content (AvgIpc) is 2.19. The molecule has 0 aliphatic heterocycles. The summed E-state index contributed by atoms with van der Waals surface area (Å²) in [5.74, 6) is 0. The Labute approximate surface area is 99.8 Å². The normalized spacial score (nSPS) is 14.9. The van der Waals surface area contributed by atoms with Crippen LogP contribution in [-0.4, -0.2) is 23.8 Å². The Kier molecular flexibility index (Phi) is 5.29. The zero-order valence-corrected chi connectivity index (χ0v) is 10.8. The molecule has 2 N–H and O–H groups in total. The zero-order chi connectivity index (χ0) is 11.3. The van der Waals surface area contributed by atoms with Gasteiger partial charge in [-0.25, -0.2) is 0 Å². The predicted octanol–water partition coefficient (Wildman–Crippen LogP) is 2.35. The van der Waals surface area contributed by atoms with Gasteiger partial charge in [0.25, 0.3) is 0 Å². The number of aliphatic hydroxyl groups excluding tert-OH is 1. The van der Waals surface area contributed by atoms with Crippen LogP contribution in [0.1, 0.15) is 19.4 Å². The molecule has 0 aromatic heterocycles. The van der Waals surface area contributed by atoms with Crippen LogP contribution in [0.3, 0.4) is 0 Å². The quantitative estimate of drug-likeness (QED) is 0.862. The number of hydrogen-bond acceptors (Lipinski definition) is 2. The largest absolute Gasteiger partial charge is 0.392 e. The molecular weight excluding hydrogens is 254 g/mol. The van der Waals surface area contributed by atoms with Crippen LogP contribution in [0.15, 0.2) is 28.7 Å². The zero-order valence-electron chi connectivity index (χ0n) is 9.20. The Morgan fingerprint density at radius 2 is 1.87 bits per heavy atom. The van der Waals surface area contributed by atoms with Crippen LogP contribution in [0.5, 0.6) is 0 Å². The van der Waals surface area contributed by atoms with Crippen LogP contribution in [0.2, 0.25) is 0 Å². The molecule has 3 heteroatoms. The van der Waals surface area contributed by atoms with Crippen LogP contribution in [0.4, 0.5) is 0 Å². The average molecular weight is 272 g/mol. The molecule has 2 nitrogen and oxygen atoms in total. The number of nitrogens with one attached hydrogen (secondary N) is 1. The van der Waals surface area contributed by atoms with Gasteiger partial charge < -0.3 is 10.4 Å². The molecular formula is C12H18BrNO. The van der Waals surface area contributed by atoms with Crippen molar-refractivity contribution in [1.82, 2.24) is 5.32 Å². The van der Waals surface area contributed by atoms with Gasteiger partial charge in [0.2, 0.25) is 0 Å². The maximum atomic E-state index is 9.14. The summed E-state index contributed by atoms with van der Waals surface area (Å²) in [6.45, 7) is 4.57. The fourth-order valence-electron chi connectivity index (χ4n) is 1.42. The van der Waals surface area contributed by atoms with Crippen molar-refractivity contribution in [3.63, 3.8) is 0 Å². The smallest absolute Gasteiger partial charge is 0.0636 e. The molecule has 1 aromatic carbocycles. The van der Waals surface area contributed by atoms with Crippen LogP contribution in [-0.2, 0) is 6.42 Å². The number of aliphatic hydroxyl groups is 1. The van der Waals surface area contributed by atoms with E-state index in [1.165, 1.54) is 5.56 Å². The van der Waals surface area contributed by atoms with Gasteiger partial charge in [0.15, 0.2) is 0 Å². The predicted molar refractivity (Wildman–Crippen MR) is 67.0 cm³/mol. The maximum Gasteiger partial charge on any atom is 0.0636 e. The molecule has 1 rings (SSSR count). The van der Waals surface area contributed by atoms with Crippen LogP contribution >= 0.6 is 15.9 Å². The first kappa shape index (κ1) is 12.7. The van der Waals surface area contributed by atoms with E-state index in [2.05, 4.69) is 52.4 Å². The maximum absolute atomic E-state index is 9.14. The monoisotopic (exact) mass is 271 g/mol. The third-order valence-electron chi connectivity index (χ3n) is 2.22. The molecule has 2 atom stereocenters. The second kappa shape index (κ2) is 6.26. The summed E-state index contributed by atoms with van der Waals surface area (Å²) in [7, 11) is 0. The molecule has 0 fully saturated rings. The van der Waals surface area contributed by atoms with Gasteiger partial charge in [-0.2, -0.15) is 0 Å². The number of rotatable bonds is 5. The highest BCUT2D eigenvalue weighted by Crippen LogP contribution is 2.11. The van der Waals surface area contributed by atoms with Crippen molar-refractivity contribution in [1.29, 1.82) is 0 Å². The van der Waals surface area contributed by atoms with Gasteiger partial charge in [0.05, 0.1) is 6.10 Å². The number of hydrogen-bond donors (Lipinski definition) is 2. The molecule has 1 aromatic rings. The van der Waals surface area contributed by atoms with E-state index in [9.17, 15) is 0 Å². The summed E-state index contributed by atoms with van der Waals surface area (Å²) in [5, 5.41) is 12.4. The molecule has 0 bridgehead atoms. The molecule has 0 saturated carbocycles. The Hall–Kier alpha value is -0.380. The minimum atomic E-state index is -0.280. The highest BCUT2D eigenvalue weighted by molar-refractivity contribution is 9.10. The third-order valence-corrected chi connectivity index (χ3v) is 2.75. The Bertz CT molecular complexity index is 284. The molecule has 84 valence electrons. The Morgan fingerprint density at radius 3 is 2.40 bits per heavy atom. The van der Waals surface area contributed by atoms with E-state index in [1.54, 1.807) is 6.92 Å². The fourth-order valence-corrected chi connectivity index (χ4v) is 1.68. The van der Waals surface area contributed by atoms with E-state index < -0.39 is 0 Å². The second-order valence-electron chi connectivity index (χ2n) is 3.99. The molecule has 0 saturated heterocycles. The van der Waals surface area contributed by atoms with Crippen molar-refractivity contribution in [2.45, 2.75) is 32.4 Å². The van der Waals surface area contributed by atoms with Gasteiger partial charge >= 0.3 is 0 Å². The van der Waals surface area contributed by atoms with Gasteiger partial charge in [-0.15, -0.1) is 0 Å². The summed E-state index contributed by atoms with van der Waals surface area (Å²) < 4.78 is 1.11. The first-order valence-electron chi connectivity index (χ1n) is 5.24. The van der Waals surface area contributed by atoms with E-state index in [-0.39, 0.29) is 6.10 Å². The van der Waals surface area contributed by atoms with E-state index in [0.29, 0.717) is 12.6 Å². The van der Waals surface area contributed by atoms with Crippen LogP contribution in [0, 0.1) is 0 Å². The SMILES string of the molecule is CC(O)CNC(C)Cc1ccc(Br)cc1. The third kappa shape index (κ3) is 5.30. The Morgan fingerprint density at radius 1 is 1.27 bits per heavy atom. The van der Waals surface area contributed by atoms with Gasteiger partial charge in [0.1, 0.15) is 0 Å². The summed E-state index contributed by atoms with van der Waals surface area (Å²) in [6, 6.07) is 8.73. The van der Waals surface area contributed by atoms with Crippen molar-refractivity contribution < 1.29 is 5.11 Å². The Balaban J connectivity index is 2.37. The lowest BCUT2D eigenvalue weighted by Crippen LogP contribution is -2.33. The number of halogens is 1. The summed E-state index contributed by atoms with van der Waals surface area (Å²) >= 11 is 3.41. The molecule has 0 amide bonds. The molecule has 0 heterocycles. The standard InChI is InChI=1S/C12H18BrNO/c1-9(14-8-10(2)15)7-11-3-5-12(13)6-4-11/h3-6,9-10,14-15H,7-8H2,1-2H3. The van der Waals surface area contributed by atoms with Gasteiger partial charge in [-0.05, 0) is 38.0 Å². The van der Waals surface area contributed by atoms with Gasteiger partial charge in [0, 0.05) is 17.1 Å². The van der Waals surface area contributed by atoms with Gasteiger partial charge in [-0.1, -0.05) is 28.1 Å². The van der Waals surface area contributed by atoms with Crippen molar-refractivity contribution >= 4 is 15.9 Å². The highest BCUT2D eigenvalue weighted by Gasteiger charge is 2.04. The van der Waals surface area contributed by atoms with Crippen LogP contribution < -0.4 is 5.32 Å². The molecule has 0 aliphatic rings. The lowest BCUT2D eigenvalue weighted by molar-refractivity contribution is 0.187. The lowest BCUT2D eigenvalue weighted by atomic mass is 10.1. The van der Waals surface area contributed by atoms with Crippen LogP contribution in [0.25, 0.3) is 0 Å². The second-order valence-corrected chi connectivity index (χ2v) is 4.90. The molecule has 2 unspecified atom stereocenters. The van der Waals surface area contributed by atoms with E-state index >= 15 is 0 Å². The molecule has 0 spiro atoms. The van der Waals surface area contributed by atoms with E-state index in [4.69, 9.17) is 5.11 Å². The first-order valence-corrected chi connectivity index (χ1v) is 6.03. The highest BCUT2D eigenvalue weighted by atomic mass is 79.9. The summed E-state index contributed by atoms with van der Waals surface area (Å²) in [6.07, 6.45) is 0.706. The summed E-state index contributed by atoms with van der Waals surface area (Å²) in [4.78, 5) is 0. The van der Waals surface area contributed by atoms with Crippen molar-refractivity contribution in [2.75, 3.05) is 6.54 Å². The topological polar surface area (TPSA) is 32.3 Å². The number of benzene rings is 1. The van der Waals surface area contributed by atoms with E-state index in [1.807, 2.05) is 0 Å².